The van der Waals surface area contributed by atoms with E-state index < -0.39 is 29.4 Å². The van der Waals surface area contributed by atoms with Gasteiger partial charge in [0.05, 0.1) is 18.4 Å². The molecule has 0 saturated carbocycles. The first-order chi connectivity index (χ1) is 17.1. The van der Waals surface area contributed by atoms with E-state index in [0.717, 1.165) is 29.3 Å². The zero-order valence-electron chi connectivity index (χ0n) is 20.5. The Hall–Kier alpha value is -2.97. The Labute approximate surface area is 227 Å². The molecular weight excluding hydrogens is 665 g/mol. The number of benzene rings is 2. The summed E-state index contributed by atoms with van der Waals surface area (Å²) in [6, 6.07) is 15.1. The van der Waals surface area contributed by atoms with Crippen molar-refractivity contribution in [2.45, 2.75) is 33.3 Å². The van der Waals surface area contributed by atoms with Crippen LogP contribution in [0.15, 0.2) is 67.0 Å². The summed E-state index contributed by atoms with van der Waals surface area (Å²) in [6.45, 7) is 5.48. The van der Waals surface area contributed by atoms with Crippen molar-refractivity contribution in [3.8, 4) is 22.5 Å². The standard InChI is InChI=1S/C12H9F2N.C12H8F2N.C4H10O2.Ir/c2*1-8-4-5-15-12(6-8)10-3-2-9(13)7-11(10)14;1-2-4(6)3-5;/h2-7H,1H3;2,4-7H,1H3;4-6H,2-3H2,1H3;/q;-1;;. The largest absolute Gasteiger partial charge is 0.394 e. The van der Waals surface area contributed by atoms with Crippen LogP contribution in [0.25, 0.3) is 22.5 Å². The molecule has 37 heavy (non-hydrogen) atoms. The fraction of sp³-hybridized carbons (Fsp3) is 0.214. The Bertz CT molecular complexity index is 1180. The number of nitrogens with zero attached hydrogens (tertiary/aromatic N) is 2. The van der Waals surface area contributed by atoms with Crippen LogP contribution >= 0.6 is 0 Å². The minimum Gasteiger partial charge on any atom is -0.394 e. The third kappa shape index (κ3) is 10.5. The van der Waals surface area contributed by atoms with Crippen LogP contribution in [0, 0.1) is 43.2 Å². The molecule has 2 heterocycles. The Balaban J connectivity index is 0.000000299. The quantitative estimate of drug-likeness (QED) is 0.197. The monoisotopic (exact) mass is 692 g/mol. The van der Waals surface area contributed by atoms with Crippen LogP contribution in [0.3, 0.4) is 0 Å². The van der Waals surface area contributed by atoms with Gasteiger partial charge in [0.25, 0.3) is 0 Å². The van der Waals surface area contributed by atoms with Gasteiger partial charge in [0.2, 0.25) is 0 Å². The van der Waals surface area contributed by atoms with E-state index in [2.05, 4.69) is 16.0 Å². The second kappa shape index (κ2) is 16.0. The maximum atomic E-state index is 13.4. The van der Waals surface area contributed by atoms with Crippen LogP contribution in [0.4, 0.5) is 17.6 Å². The summed E-state index contributed by atoms with van der Waals surface area (Å²) >= 11 is 0. The van der Waals surface area contributed by atoms with Crippen LogP contribution < -0.4 is 0 Å². The molecule has 4 nitrogen and oxygen atoms in total. The molecule has 0 aliphatic carbocycles. The first kappa shape index (κ1) is 32.1. The van der Waals surface area contributed by atoms with E-state index in [1.165, 1.54) is 12.1 Å². The van der Waals surface area contributed by atoms with Gasteiger partial charge in [-0.1, -0.05) is 30.2 Å². The molecule has 1 atom stereocenters. The van der Waals surface area contributed by atoms with Gasteiger partial charge >= 0.3 is 0 Å². The summed E-state index contributed by atoms with van der Waals surface area (Å²) in [7, 11) is 0. The van der Waals surface area contributed by atoms with Gasteiger partial charge in [0.15, 0.2) is 0 Å². The molecule has 4 rings (SSSR count). The number of pyridine rings is 2. The minimum absolute atomic E-state index is 0. The van der Waals surface area contributed by atoms with Crippen LogP contribution in [0.5, 0.6) is 0 Å². The number of aliphatic hydroxyl groups excluding tert-OH is 2. The Kier molecular flexibility index (Phi) is 13.9. The molecular formula is C28H27F4IrN2O2-. The molecule has 199 valence electrons. The molecule has 1 radical (unpaired) electrons. The molecule has 0 aliphatic rings. The van der Waals surface area contributed by atoms with Gasteiger partial charge in [-0.25, -0.2) is 8.78 Å². The summed E-state index contributed by atoms with van der Waals surface area (Å²) in [4.78, 5) is 8.04. The average Bonchev–Trinajstić information content (AvgIpc) is 2.84. The summed E-state index contributed by atoms with van der Waals surface area (Å²) in [5.41, 5.74) is 3.46. The van der Waals surface area contributed by atoms with Gasteiger partial charge in [-0.3, -0.25) is 13.8 Å². The molecule has 0 saturated heterocycles. The molecule has 2 aromatic heterocycles. The third-order valence-corrected chi connectivity index (χ3v) is 4.83. The summed E-state index contributed by atoms with van der Waals surface area (Å²) in [6.07, 6.45) is 3.32. The van der Waals surface area contributed by atoms with Gasteiger partial charge in [0, 0.05) is 55.8 Å². The van der Waals surface area contributed by atoms with E-state index in [9.17, 15) is 17.6 Å². The van der Waals surface area contributed by atoms with Gasteiger partial charge in [-0.05, 0) is 61.9 Å². The normalized spacial score (nSPS) is 10.7. The Morgan fingerprint density at radius 3 is 1.86 bits per heavy atom. The molecule has 1 unspecified atom stereocenters. The van der Waals surface area contributed by atoms with Gasteiger partial charge in [-0.15, -0.1) is 12.1 Å². The molecule has 2 N–H and O–H groups in total. The maximum Gasteiger partial charge on any atom is 0.135 e. The molecule has 0 amide bonds. The maximum absolute atomic E-state index is 13.4. The van der Waals surface area contributed by atoms with Crippen molar-refractivity contribution in [2.24, 2.45) is 0 Å². The van der Waals surface area contributed by atoms with Crippen molar-refractivity contribution in [2.75, 3.05) is 6.61 Å². The summed E-state index contributed by atoms with van der Waals surface area (Å²) in [5, 5.41) is 16.5. The third-order valence-electron chi connectivity index (χ3n) is 4.83. The summed E-state index contributed by atoms with van der Waals surface area (Å²) in [5.74, 6) is -2.45. The number of aliphatic hydroxyl groups is 2. The van der Waals surface area contributed by atoms with Gasteiger partial charge in [-0.2, -0.15) is 0 Å². The van der Waals surface area contributed by atoms with Crippen molar-refractivity contribution in [3.05, 3.63) is 107 Å². The molecule has 9 heteroatoms. The number of halogens is 4. The van der Waals surface area contributed by atoms with Crippen molar-refractivity contribution in [1.82, 2.24) is 9.97 Å². The average molecular weight is 692 g/mol. The van der Waals surface area contributed by atoms with Crippen LogP contribution in [-0.2, 0) is 20.1 Å². The van der Waals surface area contributed by atoms with E-state index in [1.54, 1.807) is 24.5 Å². The predicted molar refractivity (Wildman–Crippen MR) is 131 cm³/mol. The van der Waals surface area contributed by atoms with Crippen LogP contribution in [0.2, 0.25) is 0 Å². The zero-order chi connectivity index (χ0) is 26.7. The number of hydrogen-bond donors (Lipinski definition) is 2. The van der Waals surface area contributed by atoms with Crippen molar-refractivity contribution in [3.63, 3.8) is 0 Å². The molecule has 0 spiro atoms. The molecule has 4 aromatic rings. The molecule has 0 fully saturated rings. The van der Waals surface area contributed by atoms with E-state index in [4.69, 9.17) is 10.2 Å². The molecule has 0 aliphatic heterocycles. The predicted octanol–water partition coefficient (Wildman–Crippen LogP) is 6.22. The Morgan fingerprint density at radius 1 is 0.811 bits per heavy atom. The van der Waals surface area contributed by atoms with Gasteiger partial charge in [0.1, 0.15) is 11.6 Å². The van der Waals surface area contributed by atoms with Gasteiger partial charge < -0.3 is 15.2 Å². The number of aryl methyl sites for hydroxylation is 2. The number of rotatable bonds is 4. The first-order valence-electron chi connectivity index (χ1n) is 11.1. The Morgan fingerprint density at radius 2 is 1.38 bits per heavy atom. The second-order valence-corrected chi connectivity index (χ2v) is 7.85. The SMILES string of the molecule is CCC(O)CO.Cc1ccnc(-c2[c-]cc(F)cc2F)c1.Cc1ccnc(-c2ccc(F)cc2F)c1.[Ir]. The second-order valence-electron chi connectivity index (χ2n) is 7.85. The van der Waals surface area contributed by atoms with E-state index in [-0.39, 0.29) is 32.3 Å². The topological polar surface area (TPSA) is 66.2 Å². The first-order valence-corrected chi connectivity index (χ1v) is 11.1. The molecule has 2 aromatic carbocycles. The van der Waals surface area contributed by atoms with Crippen molar-refractivity contribution >= 4 is 0 Å². The summed E-state index contributed by atoms with van der Waals surface area (Å²) < 4.78 is 52.1. The van der Waals surface area contributed by atoms with Crippen LogP contribution in [-0.4, -0.2) is 32.9 Å². The zero-order valence-corrected chi connectivity index (χ0v) is 22.9. The number of aromatic nitrogens is 2. The van der Waals surface area contributed by atoms with Crippen LogP contribution in [0.1, 0.15) is 24.5 Å². The molecule has 0 bridgehead atoms. The fourth-order valence-corrected chi connectivity index (χ4v) is 2.82. The van der Waals surface area contributed by atoms with Crippen molar-refractivity contribution in [1.29, 1.82) is 0 Å². The minimum atomic E-state index is -0.645. The fourth-order valence-electron chi connectivity index (χ4n) is 2.82. The van der Waals surface area contributed by atoms with Crippen molar-refractivity contribution < 1.29 is 47.9 Å². The smallest absolute Gasteiger partial charge is 0.135 e. The van der Waals surface area contributed by atoms with E-state index >= 15 is 0 Å². The van der Waals surface area contributed by atoms with E-state index in [1.807, 2.05) is 32.9 Å². The number of hydrogen-bond acceptors (Lipinski definition) is 4. The van der Waals surface area contributed by atoms with E-state index in [0.29, 0.717) is 23.4 Å².